The molecule has 2 amide bonds. The minimum absolute atomic E-state index is 0.0415. The highest BCUT2D eigenvalue weighted by Gasteiger charge is 2.47. The fraction of sp³-hybridized carbons (Fsp3) is 0.379. The molecule has 1 aromatic heterocycles. The van der Waals surface area contributed by atoms with Crippen LogP contribution in [0.4, 0.5) is 0 Å². The predicted octanol–water partition coefficient (Wildman–Crippen LogP) is 5.62. The predicted molar refractivity (Wildman–Crippen MR) is 139 cm³/mol. The van der Waals surface area contributed by atoms with Crippen molar-refractivity contribution >= 4 is 23.2 Å². The minimum atomic E-state index is -0.488. The molecule has 0 radical (unpaired) electrons. The summed E-state index contributed by atoms with van der Waals surface area (Å²) in [5.74, 6) is 0.918. The Hall–Kier alpha value is -3.32. The third kappa shape index (κ3) is 4.05. The van der Waals surface area contributed by atoms with Gasteiger partial charge in [0.15, 0.2) is 11.5 Å². The average molecular weight is 503 g/mol. The molecule has 7 heteroatoms. The molecular formula is C29H30N2O4S. The normalized spacial score (nSPS) is 22.2. The van der Waals surface area contributed by atoms with Crippen molar-refractivity contribution in [3.63, 3.8) is 0 Å². The molecule has 1 aliphatic carbocycles. The first-order chi connectivity index (χ1) is 17.6. The quantitative estimate of drug-likeness (QED) is 0.492. The number of hydrogen-bond donors (Lipinski definition) is 1. The second-order valence-electron chi connectivity index (χ2n) is 9.81. The Bertz CT molecular complexity index is 1270. The van der Waals surface area contributed by atoms with E-state index in [2.05, 4.69) is 11.4 Å². The van der Waals surface area contributed by atoms with Crippen LogP contribution in [0.3, 0.4) is 0 Å². The molecule has 3 aliphatic rings. The number of nitrogens with one attached hydrogen (secondary N) is 1. The topological polar surface area (TPSA) is 67.9 Å². The molecule has 3 atom stereocenters. The van der Waals surface area contributed by atoms with Crippen LogP contribution < -0.4 is 14.8 Å². The summed E-state index contributed by atoms with van der Waals surface area (Å²) in [6.07, 6.45) is 4.20. The third-order valence-electron chi connectivity index (χ3n) is 7.64. The lowest BCUT2D eigenvalue weighted by atomic mass is 9.80. The van der Waals surface area contributed by atoms with Gasteiger partial charge in [0.25, 0.3) is 5.91 Å². The second-order valence-corrected chi connectivity index (χ2v) is 10.8. The van der Waals surface area contributed by atoms with Crippen LogP contribution in [0.1, 0.15) is 77.0 Å². The standard InChI is InChI=1S/C29H30N2O4S/c1-18(19-12-13-23-24(17-19)35-15-14-34-23)30-28(32)26-21-9-4-5-10-22(21)29(33)31(20-7-2-3-8-20)27(26)25-11-6-16-36-25/h4-6,9-13,16-18,20,26-27H,2-3,7-8,14-15H2,1H3,(H,30,32). The number of carbonyl (C=O) groups excluding carboxylic acids is 2. The Morgan fingerprint density at radius 3 is 2.58 bits per heavy atom. The molecular weight excluding hydrogens is 472 g/mol. The zero-order valence-corrected chi connectivity index (χ0v) is 21.1. The van der Waals surface area contributed by atoms with Crippen LogP contribution >= 0.6 is 11.3 Å². The van der Waals surface area contributed by atoms with E-state index in [4.69, 9.17) is 9.47 Å². The maximum atomic E-state index is 14.1. The monoisotopic (exact) mass is 502 g/mol. The first kappa shape index (κ1) is 23.1. The number of amides is 2. The highest BCUT2D eigenvalue weighted by atomic mass is 32.1. The Balaban J connectivity index is 1.37. The second kappa shape index (κ2) is 9.62. The van der Waals surface area contributed by atoms with Gasteiger partial charge in [-0.05, 0) is 60.5 Å². The Morgan fingerprint density at radius 2 is 1.81 bits per heavy atom. The van der Waals surface area contributed by atoms with Gasteiger partial charge in [-0.25, -0.2) is 0 Å². The van der Waals surface area contributed by atoms with Gasteiger partial charge in [0.05, 0.1) is 18.0 Å². The Morgan fingerprint density at radius 1 is 1.03 bits per heavy atom. The largest absolute Gasteiger partial charge is 0.486 e. The third-order valence-corrected chi connectivity index (χ3v) is 8.58. The summed E-state index contributed by atoms with van der Waals surface area (Å²) in [6.45, 7) is 3.04. The number of nitrogens with zero attached hydrogens (tertiary/aromatic N) is 1. The SMILES string of the molecule is CC(NC(=O)C1c2ccccc2C(=O)N(C2CCCC2)C1c1cccs1)c1ccc2c(c1)OCCO2. The van der Waals surface area contributed by atoms with Crippen LogP contribution in [-0.2, 0) is 4.79 Å². The fourth-order valence-corrected chi connectivity index (χ4v) is 6.76. The van der Waals surface area contributed by atoms with E-state index in [0.29, 0.717) is 24.5 Å². The molecule has 0 bridgehead atoms. The summed E-state index contributed by atoms with van der Waals surface area (Å²) < 4.78 is 11.4. The van der Waals surface area contributed by atoms with Gasteiger partial charge in [-0.15, -0.1) is 11.3 Å². The zero-order chi connectivity index (χ0) is 24.6. The Labute approximate surface area is 215 Å². The zero-order valence-electron chi connectivity index (χ0n) is 20.3. The van der Waals surface area contributed by atoms with E-state index in [1.165, 1.54) is 0 Å². The fourth-order valence-electron chi connectivity index (χ4n) is 5.90. The lowest BCUT2D eigenvalue weighted by Gasteiger charge is -2.44. The summed E-state index contributed by atoms with van der Waals surface area (Å²) in [5, 5.41) is 5.29. The molecule has 186 valence electrons. The molecule has 0 spiro atoms. The first-order valence-electron chi connectivity index (χ1n) is 12.8. The van der Waals surface area contributed by atoms with E-state index in [0.717, 1.165) is 47.4 Å². The van der Waals surface area contributed by atoms with Crippen molar-refractivity contribution in [2.24, 2.45) is 0 Å². The van der Waals surface area contributed by atoms with Gasteiger partial charge in [0.1, 0.15) is 13.2 Å². The van der Waals surface area contributed by atoms with E-state index >= 15 is 0 Å². The van der Waals surface area contributed by atoms with Crippen molar-refractivity contribution in [3.8, 4) is 11.5 Å². The van der Waals surface area contributed by atoms with Crippen LogP contribution in [0, 0.1) is 0 Å². The van der Waals surface area contributed by atoms with Crippen molar-refractivity contribution in [2.75, 3.05) is 13.2 Å². The van der Waals surface area contributed by atoms with Gasteiger partial charge >= 0.3 is 0 Å². The van der Waals surface area contributed by atoms with E-state index in [9.17, 15) is 9.59 Å². The van der Waals surface area contributed by atoms with E-state index in [1.54, 1.807) is 11.3 Å². The average Bonchev–Trinajstić information content (AvgIpc) is 3.63. The highest BCUT2D eigenvalue weighted by molar-refractivity contribution is 7.10. The van der Waals surface area contributed by atoms with Gasteiger partial charge in [-0.2, -0.15) is 0 Å². The summed E-state index contributed by atoms with van der Waals surface area (Å²) in [4.78, 5) is 31.0. The Kier molecular flexibility index (Phi) is 6.17. The van der Waals surface area contributed by atoms with Crippen molar-refractivity contribution in [1.82, 2.24) is 10.2 Å². The van der Waals surface area contributed by atoms with Crippen LogP contribution in [-0.4, -0.2) is 36.0 Å². The van der Waals surface area contributed by atoms with Crippen molar-refractivity contribution in [2.45, 2.75) is 56.7 Å². The van der Waals surface area contributed by atoms with Crippen LogP contribution in [0.2, 0.25) is 0 Å². The molecule has 2 aliphatic heterocycles. The minimum Gasteiger partial charge on any atom is -0.486 e. The van der Waals surface area contributed by atoms with Gasteiger partial charge < -0.3 is 19.7 Å². The van der Waals surface area contributed by atoms with Gasteiger partial charge in [0.2, 0.25) is 5.91 Å². The molecule has 36 heavy (non-hydrogen) atoms. The molecule has 3 unspecified atom stereocenters. The van der Waals surface area contributed by atoms with E-state index in [-0.39, 0.29) is 29.9 Å². The van der Waals surface area contributed by atoms with Gasteiger partial charge in [0, 0.05) is 16.5 Å². The molecule has 0 saturated heterocycles. The van der Waals surface area contributed by atoms with Gasteiger partial charge in [-0.1, -0.05) is 43.2 Å². The number of carbonyl (C=O) groups is 2. The van der Waals surface area contributed by atoms with E-state index < -0.39 is 5.92 Å². The molecule has 1 N–H and O–H groups in total. The molecule has 3 aromatic rings. The lowest BCUT2D eigenvalue weighted by molar-refractivity contribution is -0.125. The van der Waals surface area contributed by atoms with Crippen LogP contribution in [0.15, 0.2) is 60.0 Å². The summed E-state index contributed by atoms with van der Waals surface area (Å²) >= 11 is 1.62. The molecule has 2 aromatic carbocycles. The number of fused-ring (bicyclic) bond motifs is 2. The number of thiophene rings is 1. The molecule has 1 saturated carbocycles. The number of rotatable bonds is 5. The van der Waals surface area contributed by atoms with E-state index in [1.807, 2.05) is 65.7 Å². The van der Waals surface area contributed by atoms with Crippen molar-refractivity contribution in [1.29, 1.82) is 0 Å². The number of benzene rings is 2. The summed E-state index contributed by atoms with van der Waals surface area (Å²) in [7, 11) is 0. The smallest absolute Gasteiger partial charge is 0.254 e. The maximum Gasteiger partial charge on any atom is 0.254 e. The molecule has 6 rings (SSSR count). The molecule has 1 fully saturated rings. The first-order valence-corrected chi connectivity index (χ1v) is 13.6. The number of ether oxygens (including phenoxy) is 2. The van der Waals surface area contributed by atoms with Crippen LogP contribution in [0.5, 0.6) is 11.5 Å². The number of hydrogen-bond acceptors (Lipinski definition) is 5. The molecule has 3 heterocycles. The van der Waals surface area contributed by atoms with Crippen molar-refractivity contribution in [3.05, 3.63) is 81.5 Å². The lowest BCUT2D eigenvalue weighted by Crippen LogP contribution is -2.50. The maximum absolute atomic E-state index is 14.1. The summed E-state index contributed by atoms with van der Waals surface area (Å²) in [5.41, 5.74) is 2.40. The summed E-state index contributed by atoms with van der Waals surface area (Å²) in [6, 6.07) is 17.1. The van der Waals surface area contributed by atoms with Crippen molar-refractivity contribution < 1.29 is 19.1 Å². The van der Waals surface area contributed by atoms with Gasteiger partial charge in [-0.3, -0.25) is 9.59 Å². The van der Waals surface area contributed by atoms with Crippen LogP contribution in [0.25, 0.3) is 0 Å². The molecule has 6 nitrogen and oxygen atoms in total. The highest BCUT2D eigenvalue weighted by Crippen LogP contribution is 2.47.